The number of carbonyl (C=O) groups is 1. The highest BCUT2D eigenvalue weighted by molar-refractivity contribution is 7.99. The second kappa shape index (κ2) is 11.1. The van der Waals surface area contributed by atoms with Crippen LogP contribution >= 0.6 is 11.8 Å². The molecule has 5 nitrogen and oxygen atoms in total. The van der Waals surface area contributed by atoms with Gasteiger partial charge in [0, 0.05) is 29.9 Å². The maximum absolute atomic E-state index is 11.9. The third-order valence-corrected chi connectivity index (χ3v) is 5.05. The molecule has 0 aliphatic heterocycles. The van der Waals surface area contributed by atoms with E-state index in [1.54, 1.807) is 0 Å². The number of hydrogen-bond donors (Lipinski definition) is 3. The van der Waals surface area contributed by atoms with Crippen LogP contribution < -0.4 is 16.0 Å². The largest absolute Gasteiger partial charge is 0.357 e. The number of amides is 1. The SMILES string of the molecule is CCNC(=NCc1cccc(NC(=O)CC(C)C)c1)NCC(C)(C)SC. The molecule has 0 saturated carbocycles. The Morgan fingerprint density at radius 2 is 2.00 bits per heavy atom. The van der Waals surface area contributed by atoms with E-state index in [4.69, 9.17) is 0 Å². The molecular formula is C20H34N4OS. The quantitative estimate of drug-likeness (QED) is 0.451. The van der Waals surface area contributed by atoms with Crippen molar-refractivity contribution in [1.82, 2.24) is 10.6 Å². The highest BCUT2D eigenvalue weighted by Crippen LogP contribution is 2.19. The van der Waals surface area contributed by atoms with Gasteiger partial charge >= 0.3 is 0 Å². The standard InChI is InChI=1S/C20H34N4OS/c1-7-21-19(23-14-20(4,5)26-6)22-13-16-9-8-10-17(12-16)24-18(25)11-15(2)3/h8-10,12,15H,7,11,13-14H2,1-6H3,(H,24,25)(H2,21,22,23). The second-order valence-electron chi connectivity index (χ2n) is 7.36. The van der Waals surface area contributed by atoms with Gasteiger partial charge in [-0.1, -0.05) is 26.0 Å². The fourth-order valence-corrected chi connectivity index (χ4v) is 2.43. The van der Waals surface area contributed by atoms with E-state index in [1.807, 2.05) is 49.9 Å². The van der Waals surface area contributed by atoms with E-state index in [2.05, 4.69) is 48.0 Å². The lowest BCUT2D eigenvalue weighted by molar-refractivity contribution is -0.116. The Hall–Kier alpha value is -1.69. The molecule has 0 aromatic heterocycles. The zero-order valence-electron chi connectivity index (χ0n) is 17.0. The minimum atomic E-state index is 0.0509. The maximum atomic E-state index is 11.9. The Morgan fingerprint density at radius 3 is 2.62 bits per heavy atom. The Morgan fingerprint density at radius 1 is 1.27 bits per heavy atom. The molecule has 3 N–H and O–H groups in total. The van der Waals surface area contributed by atoms with E-state index >= 15 is 0 Å². The first-order valence-electron chi connectivity index (χ1n) is 9.22. The minimum Gasteiger partial charge on any atom is -0.357 e. The Balaban J connectivity index is 2.71. The van der Waals surface area contributed by atoms with Gasteiger partial charge in [-0.3, -0.25) is 4.79 Å². The van der Waals surface area contributed by atoms with Crippen LogP contribution in [0.3, 0.4) is 0 Å². The number of nitrogens with zero attached hydrogens (tertiary/aromatic N) is 1. The van der Waals surface area contributed by atoms with Crippen LogP contribution in [-0.2, 0) is 11.3 Å². The molecule has 1 aromatic carbocycles. The van der Waals surface area contributed by atoms with Crippen LogP contribution in [0.25, 0.3) is 0 Å². The summed E-state index contributed by atoms with van der Waals surface area (Å²) in [4.78, 5) is 16.6. The summed E-state index contributed by atoms with van der Waals surface area (Å²) in [6.45, 7) is 12.8. The molecular weight excluding hydrogens is 344 g/mol. The molecule has 0 radical (unpaired) electrons. The van der Waals surface area contributed by atoms with E-state index < -0.39 is 0 Å². The Bertz CT molecular complexity index is 599. The molecule has 146 valence electrons. The topological polar surface area (TPSA) is 65.5 Å². The van der Waals surface area contributed by atoms with Crippen molar-refractivity contribution in [3.05, 3.63) is 29.8 Å². The summed E-state index contributed by atoms with van der Waals surface area (Å²) in [5, 5.41) is 9.63. The van der Waals surface area contributed by atoms with Gasteiger partial charge in [-0.2, -0.15) is 11.8 Å². The lowest BCUT2D eigenvalue weighted by atomic mass is 10.1. The lowest BCUT2D eigenvalue weighted by Gasteiger charge is -2.23. The van der Waals surface area contributed by atoms with Gasteiger partial charge in [0.25, 0.3) is 0 Å². The van der Waals surface area contributed by atoms with Crippen molar-refractivity contribution < 1.29 is 4.79 Å². The van der Waals surface area contributed by atoms with Crippen molar-refractivity contribution in [1.29, 1.82) is 0 Å². The predicted molar refractivity (Wildman–Crippen MR) is 115 cm³/mol. The average molecular weight is 379 g/mol. The first-order valence-corrected chi connectivity index (χ1v) is 10.4. The third kappa shape index (κ3) is 9.13. The average Bonchev–Trinajstić information content (AvgIpc) is 2.57. The fourth-order valence-electron chi connectivity index (χ4n) is 2.21. The van der Waals surface area contributed by atoms with Gasteiger partial charge < -0.3 is 16.0 Å². The Kier molecular flexibility index (Phi) is 9.55. The second-order valence-corrected chi connectivity index (χ2v) is 8.87. The first kappa shape index (κ1) is 22.4. The molecule has 1 rings (SSSR count). The van der Waals surface area contributed by atoms with Crippen LogP contribution in [0.2, 0.25) is 0 Å². The number of guanidine groups is 1. The van der Waals surface area contributed by atoms with Gasteiger partial charge in [-0.25, -0.2) is 4.99 Å². The molecule has 6 heteroatoms. The van der Waals surface area contributed by atoms with Crippen LogP contribution in [0.5, 0.6) is 0 Å². The number of thioether (sulfide) groups is 1. The number of anilines is 1. The number of benzene rings is 1. The summed E-state index contributed by atoms with van der Waals surface area (Å²) in [6, 6.07) is 7.87. The zero-order chi connectivity index (χ0) is 19.6. The molecule has 0 heterocycles. The van der Waals surface area contributed by atoms with Crippen molar-refractivity contribution >= 4 is 29.3 Å². The number of rotatable bonds is 9. The molecule has 0 fully saturated rings. The highest BCUT2D eigenvalue weighted by atomic mass is 32.2. The monoisotopic (exact) mass is 378 g/mol. The smallest absolute Gasteiger partial charge is 0.224 e. The third-order valence-electron chi connectivity index (χ3n) is 3.80. The van der Waals surface area contributed by atoms with Crippen molar-refractivity contribution in [2.45, 2.75) is 52.3 Å². The number of aliphatic imine (C=N–C) groups is 1. The zero-order valence-corrected chi connectivity index (χ0v) is 17.8. The molecule has 0 bridgehead atoms. The summed E-state index contributed by atoms with van der Waals surface area (Å²) < 4.78 is 0.150. The summed E-state index contributed by atoms with van der Waals surface area (Å²) in [6.07, 6.45) is 2.65. The van der Waals surface area contributed by atoms with Crippen LogP contribution in [0, 0.1) is 5.92 Å². The summed E-state index contributed by atoms with van der Waals surface area (Å²) in [5.74, 6) is 1.21. The van der Waals surface area contributed by atoms with Crippen molar-refractivity contribution in [3.63, 3.8) is 0 Å². The maximum Gasteiger partial charge on any atom is 0.224 e. The van der Waals surface area contributed by atoms with Gasteiger partial charge in [-0.15, -0.1) is 0 Å². The normalized spacial score (nSPS) is 12.2. The van der Waals surface area contributed by atoms with E-state index in [0.29, 0.717) is 18.9 Å². The predicted octanol–water partition coefficient (Wildman–Crippen LogP) is 3.87. The first-order chi connectivity index (χ1) is 12.3. The summed E-state index contributed by atoms with van der Waals surface area (Å²) in [5.41, 5.74) is 1.89. The number of nitrogens with one attached hydrogen (secondary N) is 3. The van der Waals surface area contributed by atoms with Crippen molar-refractivity contribution in [2.75, 3.05) is 24.7 Å². The van der Waals surface area contributed by atoms with Crippen LogP contribution in [0.15, 0.2) is 29.3 Å². The fraction of sp³-hybridized carbons (Fsp3) is 0.600. The molecule has 26 heavy (non-hydrogen) atoms. The van der Waals surface area contributed by atoms with Crippen molar-refractivity contribution in [3.8, 4) is 0 Å². The van der Waals surface area contributed by atoms with Crippen LogP contribution in [0.1, 0.15) is 46.6 Å². The summed E-state index contributed by atoms with van der Waals surface area (Å²) in [7, 11) is 0. The molecule has 0 aliphatic rings. The van der Waals surface area contributed by atoms with Gasteiger partial charge in [0.15, 0.2) is 5.96 Å². The molecule has 0 saturated heterocycles. The van der Waals surface area contributed by atoms with Gasteiger partial charge in [0.2, 0.25) is 5.91 Å². The van der Waals surface area contributed by atoms with Gasteiger partial charge in [0.05, 0.1) is 6.54 Å². The highest BCUT2D eigenvalue weighted by Gasteiger charge is 2.16. The molecule has 0 spiro atoms. The Labute approximate surface area is 162 Å². The molecule has 0 aliphatic carbocycles. The van der Waals surface area contributed by atoms with Gasteiger partial charge in [-0.05, 0) is 50.6 Å². The molecule has 1 aromatic rings. The van der Waals surface area contributed by atoms with Crippen LogP contribution in [0.4, 0.5) is 5.69 Å². The van der Waals surface area contributed by atoms with Crippen LogP contribution in [-0.4, -0.2) is 36.0 Å². The summed E-state index contributed by atoms with van der Waals surface area (Å²) >= 11 is 1.83. The van der Waals surface area contributed by atoms with E-state index in [-0.39, 0.29) is 10.7 Å². The molecule has 1 amide bonds. The van der Waals surface area contributed by atoms with E-state index in [1.165, 1.54) is 0 Å². The van der Waals surface area contributed by atoms with Gasteiger partial charge in [0.1, 0.15) is 0 Å². The van der Waals surface area contributed by atoms with Crippen molar-refractivity contribution in [2.24, 2.45) is 10.9 Å². The number of carbonyl (C=O) groups excluding carboxylic acids is 1. The van der Waals surface area contributed by atoms with E-state index in [9.17, 15) is 4.79 Å². The number of hydrogen-bond acceptors (Lipinski definition) is 3. The molecule has 0 unspecified atom stereocenters. The van der Waals surface area contributed by atoms with E-state index in [0.717, 1.165) is 30.3 Å². The lowest BCUT2D eigenvalue weighted by Crippen LogP contribution is -2.43. The minimum absolute atomic E-state index is 0.0509. The molecule has 0 atom stereocenters.